The standard InChI is InChI=1S/C24H16Br2N2O2/c25-16-8-4-7-15(11-16)21-13-20(28-30-21)23-22(14-5-2-1-3-6-14)18-12-17(26)9-10-19(18)27-24(23)29/h1-12,21H,13H2,(H,27,29)/t21-/m0/s1. The highest BCUT2D eigenvalue weighted by molar-refractivity contribution is 9.10. The van der Waals surface area contributed by atoms with Crippen molar-refractivity contribution in [3.05, 3.63) is 103 Å². The van der Waals surface area contributed by atoms with Crippen LogP contribution in [0.3, 0.4) is 0 Å². The third-order valence-electron chi connectivity index (χ3n) is 5.22. The number of halogens is 2. The van der Waals surface area contributed by atoms with Gasteiger partial charge in [0.2, 0.25) is 0 Å². The van der Waals surface area contributed by atoms with Gasteiger partial charge in [-0.3, -0.25) is 4.79 Å². The van der Waals surface area contributed by atoms with Gasteiger partial charge in [-0.05, 0) is 41.5 Å². The zero-order valence-electron chi connectivity index (χ0n) is 15.7. The Balaban J connectivity index is 1.68. The highest BCUT2D eigenvalue weighted by Gasteiger charge is 2.28. The molecule has 1 aliphatic rings. The van der Waals surface area contributed by atoms with Crippen LogP contribution in [-0.4, -0.2) is 10.7 Å². The summed E-state index contributed by atoms with van der Waals surface area (Å²) >= 11 is 7.07. The number of nitrogens with one attached hydrogen (secondary N) is 1. The molecule has 148 valence electrons. The Bertz CT molecular complexity index is 1350. The quantitative estimate of drug-likeness (QED) is 0.329. The van der Waals surface area contributed by atoms with E-state index in [0.717, 1.165) is 36.5 Å². The molecule has 4 aromatic rings. The van der Waals surface area contributed by atoms with E-state index in [1.165, 1.54) is 0 Å². The molecule has 6 heteroatoms. The number of H-pyrrole nitrogens is 1. The van der Waals surface area contributed by atoms with E-state index in [4.69, 9.17) is 4.84 Å². The highest BCUT2D eigenvalue weighted by atomic mass is 79.9. The number of hydrogen-bond donors (Lipinski definition) is 1. The number of oxime groups is 1. The SMILES string of the molecule is O=c1[nH]c2ccc(Br)cc2c(-c2ccccc2)c1C1=NO[C@H](c2cccc(Br)c2)C1. The van der Waals surface area contributed by atoms with E-state index in [-0.39, 0.29) is 11.7 Å². The van der Waals surface area contributed by atoms with Gasteiger partial charge in [-0.2, -0.15) is 0 Å². The van der Waals surface area contributed by atoms with Crippen LogP contribution in [0.1, 0.15) is 23.7 Å². The van der Waals surface area contributed by atoms with Crippen LogP contribution in [0, 0.1) is 0 Å². The summed E-state index contributed by atoms with van der Waals surface area (Å²) in [4.78, 5) is 21.9. The summed E-state index contributed by atoms with van der Waals surface area (Å²) in [7, 11) is 0. The summed E-state index contributed by atoms with van der Waals surface area (Å²) in [6, 6.07) is 23.8. The van der Waals surface area contributed by atoms with Gasteiger partial charge in [0.1, 0.15) is 0 Å². The molecule has 0 radical (unpaired) electrons. The van der Waals surface area contributed by atoms with Crippen LogP contribution in [0.2, 0.25) is 0 Å². The van der Waals surface area contributed by atoms with Crippen LogP contribution in [-0.2, 0) is 4.84 Å². The van der Waals surface area contributed by atoms with Gasteiger partial charge < -0.3 is 9.82 Å². The van der Waals surface area contributed by atoms with Crippen molar-refractivity contribution in [1.29, 1.82) is 0 Å². The third kappa shape index (κ3) is 3.50. The molecular weight excluding hydrogens is 508 g/mol. The first kappa shape index (κ1) is 19.3. The summed E-state index contributed by atoms with van der Waals surface area (Å²) in [6.07, 6.45) is 0.303. The normalized spacial score (nSPS) is 15.8. The zero-order chi connectivity index (χ0) is 20.7. The lowest BCUT2D eigenvalue weighted by Gasteiger charge is -2.13. The number of pyridine rings is 1. The first-order chi connectivity index (χ1) is 14.6. The topological polar surface area (TPSA) is 54.5 Å². The molecule has 0 unspecified atom stereocenters. The predicted molar refractivity (Wildman–Crippen MR) is 127 cm³/mol. The fraction of sp³-hybridized carbons (Fsp3) is 0.0833. The molecular formula is C24H16Br2N2O2. The van der Waals surface area contributed by atoms with E-state index in [1.807, 2.05) is 72.8 Å². The Morgan fingerprint density at radius 3 is 2.50 bits per heavy atom. The number of aromatic amines is 1. The van der Waals surface area contributed by atoms with Crippen LogP contribution >= 0.6 is 31.9 Å². The van der Waals surface area contributed by atoms with Crippen LogP contribution in [0.4, 0.5) is 0 Å². The molecule has 0 saturated carbocycles. The summed E-state index contributed by atoms with van der Waals surface area (Å²) in [5.41, 5.74) is 4.69. The molecule has 0 amide bonds. The lowest BCUT2D eigenvalue weighted by atomic mass is 9.91. The van der Waals surface area contributed by atoms with Gasteiger partial charge >= 0.3 is 0 Å². The summed E-state index contributed by atoms with van der Waals surface area (Å²) in [5.74, 6) is 0. The van der Waals surface area contributed by atoms with Crippen molar-refractivity contribution in [3.63, 3.8) is 0 Å². The van der Waals surface area contributed by atoms with Gasteiger partial charge in [-0.15, -0.1) is 0 Å². The molecule has 1 aromatic heterocycles. The summed E-state index contributed by atoms with van der Waals surface area (Å²) in [6.45, 7) is 0. The summed E-state index contributed by atoms with van der Waals surface area (Å²) in [5, 5.41) is 5.30. The average molecular weight is 524 g/mol. The maximum Gasteiger partial charge on any atom is 0.258 e. The molecule has 0 fully saturated rings. The Kier molecular flexibility index (Phi) is 5.05. The number of benzene rings is 3. The molecule has 0 bridgehead atoms. The van der Waals surface area contributed by atoms with Gasteiger partial charge in [0.25, 0.3) is 5.56 Å². The van der Waals surface area contributed by atoms with E-state index in [9.17, 15) is 4.79 Å². The van der Waals surface area contributed by atoms with Crippen molar-refractivity contribution in [1.82, 2.24) is 4.98 Å². The largest absolute Gasteiger partial charge is 0.387 e. The molecule has 5 rings (SSSR count). The van der Waals surface area contributed by atoms with Crippen molar-refractivity contribution >= 4 is 48.5 Å². The molecule has 1 aliphatic heterocycles. The van der Waals surface area contributed by atoms with E-state index in [2.05, 4.69) is 42.0 Å². The summed E-state index contributed by atoms with van der Waals surface area (Å²) < 4.78 is 1.93. The van der Waals surface area contributed by atoms with E-state index in [1.54, 1.807) is 0 Å². The van der Waals surface area contributed by atoms with Gasteiger partial charge in [0.15, 0.2) is 6.10 Å². The number of rotatable bonds is 3. The lowest BCUT2D eigenvalue weighted by Crippen LogP contribution is -2.20. The zero-order valence-corrected chi connectivity index (χ0v) is 18.9. The number of aromatic nitrogens is 1. The minimum atomic E-state index is -0.223. The second kappa shape index (κ2) is 7.85. The Hall–Kier alpha value is -2.70. The van der Waals surface area contributed by atoms with Crippen LogP contribution in [0.25, 0.3) is 22.0 Å². The van der Waals surface area contributed by atoms with Crippen LogP contribution in [0.5, 0.6) is 0 Å². The molecule has 30 heavy (non-hydrogen) atoms. The smallest absolute Gasteiger partial charge is 0.258 e. The molecule has 0 saturated heterocycles. The molecule has 1 N–H and O–H groups in total. The van der Waals surface area contributed by atoms with Gasteiger partial charge in [-0.1, -0.05) is 79.5 Å². The monoisotopic (exact) mass is 522 g/mol. The predicted octanol–water partition coefficient (Wildman–Crippen LogP) is 6.59. The minimum Gasteiger partial charge on any atom is -0.387 e. The van der Waals surface area contributed by atoms with Crippen molar-refractivity contribution in [2.24, 2.45) is 5.16 Å². The maximum absolute atomic E-state index is 13.2. The third-order valence-corrected chi connectivity index (χ3v) is 6.20. The first-order valence-electron chi connectivity index (χ1n) is 9.49. The van der Waals surface area contributed by atoms with Gasteiger partial charge in [0.05, 0.1) is 11.3 Å². The van der Waals surface area contributed by atoms with Crippen molar-refractivity contribution < 1.29 is 4.84 Å². The highest BCUT2D eigenvalue weighted by Crippen LogP contribution is 2.36. The van der Waals surface area contributed by atoms with E-state index >= 15 is 0 Å². The van der Waals surface area contributed by atoms with Crippen LogP contribution < -0.4 is 5.56 Å². The lowest BCUT2D eigenvalue weighted by molar-refractivity contribution is 0.0857. The molecule has 0 aliphatic carbocycles. The van der Waals surface area contributed by atoms with Crippen molar-refractivity contribution in [3.8, 4) is 11.1 Å². The van der Waals surface area contributed by atoms with Gasteiger partial charge in [-0.25, -0.2) is 0 Å². The minimum absolute atomic E-state index is 0.166. The molecule has 1 atom stereocenters. The second-order valence-electron chi connectivity index (χ2n) is 7.15. The van der Waals surface area contributed by atoms with Crippen molar-refractivity contribution in [2.45, 2.75) is 12.5 Å². The Morgan fingerprint density at radius 2 is 1.70 bits per heavy atom. The molecule has 3 aromatic carbocycles. The fourth-order valence-corrected chi connectivity index (χ4v) is 4.63. The number of fused-ring (bicyclic) bond motifs is 1. The van der Waals surface area contributed by atoms with E-state index in [0.29, 0.717) is 17.7 Å². The fourth-order valence-electron chi connectivity index (χ4n) is 3.86. The van der Waals surface area contributed by atoms with Crippen molar-refractivity contribution in [2.75, 3.05) is 0 Å². The molecule has 0 spiro atoms. The molecule has 4 nitrogen and oxygen atoms in total. The van der Waals surface area contributed by atoms with E-state index < -0.39 is 0 Å². The maximum atomic E-state index is 13.2. The first-order valence-corrected chi connectivity index (χ1v) is 11.1. The van der Waals surface area contributed by atoms with Gasteiger partial charge in [0, 0.05) is 31.8 Å². The second-order valence-corrected chi connectivity index (χ2v) is 8.98. The van der Waals surface area contributed by atoms with Crippen LogP contribution in [0.15, 0.2) is 91.7 Å². The molecule has 2 heterocycles. The Morgan fingerprint density at radius 1 is 0.900 bits per heavy atom. The number of hydrogen-bond acceptors (Lipinski definition) is 3. The Labute approximate surface area is 189 Å². The number of nitrogens with zero attached hydrogens (tertiary/aromatic N) is 1. The average Bonchev–Trinajstić information content (AvgIpc) is 3.23.